The largest absolute Gasteiger partial charge is 0.356 e. The van der Waals surface area contributed by atoms with Gasteiger partial charge in [-0.25, -0.2) is 9.18 Å². The highest BCUT2D eigenvalue weighted by molar-refractivity contribution is 6.31. The number of hydrogen-bond donors (Lipinski definition) is 2. The molecule has 0 bridgehead atoms. The van der Waals surface area contributed by atoms with Crippen molar-refractivity contribution in [2.45, 2.75) is 19.4 Å². The van der Waals surface area contributed by atoms with Crippen molar-refractivity contribution >= 4 is 34.2 Å². The zero-order valence-electron chi connectivity index (χ0n) is 17.0. The highest BCUT2D eigenvalue weighted by Gasteiger charge is 2.34. The number of anilines is 1. The molecule has 5 rings (SSSR count). The summed E-state index contributed by atoms with van der Waals surface area (Å²) in [6.45, 7) is 2.42. The van der Waals surface area contributed by atoms with E-state index in [9.17, 15) is 9.18 Å². The van der Waals surface area contributed by atoms with Crippen LogP contribution in [0.3, 0.4) is 0 Å². The third-order valence-electron chi connectivity index (χ3n) is 5.99. The van der Waals surface area contributed by atoms with Crippen molar-refractivity contribution in [3.8, 4) is 0 Å². The molecule has 1 aliphatic heterocycles. The van der Waals surface area contributed by atoms with Gasteiger partial charge in [0.15, 0.2) is 0 Å². The SMILES string of the molecule is Cc1c(Cl)cccc1NC(=O)N1CCc2c([nH]c3ccccc23)C1c1ccc(F)cc1. The molecule has 4 nitrogen and oxygen atoms in total. The summed E-state index contributed by atoms with van der Waals surface area (Å²) in [7, 11) is 0. The summed E-state index contributed by atoms with van der Waals surface area (Å²) in [5.74, 6) is -0.304. The Morgan fingerprint density at radius 2 is 1.87 bits per heavy atom. The first-order valence-electron chi connectivity index (χ1n) is 10.2. The Hall–Kier alpha value is -3.31. The Morgan fingerprint density at radius 1 is 1.10 bits per heavy atom. The zero-order valence-corrected chi connectivity index (χ0v) is 17.7. The van der Waals surface area contributed by atoms with Crippen molar-refractivity contribution < 1.29 is 9.18 Å². The first kappa shape index (κ1) is 19.6. The van der Waals surface area contributed by atoms with Gasteiger partial charge in [0.25, 0.3) is 0 Å². The molecule has 0 spiro atoms. The molecule has 0 saturated heterocycles. The number of nitrogens with one attached hydrogen (secondary N) is 2. The van der Waals surface area contributed by atoms with Crippen LogP contribution in [0.15, 0.2) is 66.7 Å². The number of para-hydroxylation sites is 1. The lowest BCUT2D eigenvalue weighted by Crippen LogP contribution is -2.43. The molecule has 0 aliphatic carbocycles. The smallest absolute Gasteiger partial charge is 0.322 e. The Bertz CT molecular complexity index is 1280. The highest BCUT2D eigenvalue weighted by atomic mass is 35.5. The average molecular weight is 434 g/mol. The number of rotatable bonds is 2. The first-order chi connectivity index (χ1) is 15.0. The molecule has 156 valence electrons. The first-order valence-corrected chi connectivity index (χ1v) is 10.6. The molecular formula is C25H21ClFN3O. The second-order valence-corrected chi connectivity index (χ2v) is 8.21. The van der Waals surface area contributed by atoms with Gasteiger partial charge in [-0.05, 0) is 60.4 Å². The molecule has 3 aromatic carbocycles. The van der Waals surface area contributed by atoms with E-state index in [2.05, 4.69) is 16.4 Å². The number of amides is 2. The lowest BCUT2D eigenvalue weighted by molar-refractivity contribution is 0.193. The predicted octanol–water partition coefficient (Wildman–Crippen LogP) is 6.45. The van der Waals surface area contributed by atoms with Crippen LogP contribution in [0.5, 0.6) is 0 Å². The van der Waals surface area contributed by atoms with Crippen LogP contribution in [0.4, 0.5) is 14.9 Å². The van der Waals surface area contributed by atoms with Gasteiger partial charge >= 0.3 is 6.03 Å². The molecule has 2 amide bonds. The van der Waals surface area contributed by atoms with Crippen molar-refractivity contribution in [2.75, 3.05) is 11.9 Å². The summed E-state index contributed by atoms with van der Waals surface area (Å²) in [5.41, 5.74) is 5.56. The molecule has 6 heteroatoms. The molecule has 1 aliphatic rings. The van der Waals surface area contributed by atoms with Gasteiger partial charge in [0.2, 0.25) is 0 Å². The minimum atomic E-state index is -0.351. The van der Waals surface area contributed by atoms with Crippen molar-refractivity contribution in [1.29, 1.82) is 0 Å². The number of benzene rings is 3. The molecule has 4 aromatic rings. The van der Waals surface area contributed by atoms with Gasteiger partial charge in [-0.3, -0.25) is 0 Å². The summed E-state index contributed by atoms with van der Waals surface area (Å²) in [6.07, 6.45) is 0.735. The minimum absolute atomic E-state index is 0.219. The van der Waals surface area contributed by atoms with Gasteiger partial charge in [-0.1, -0.05) is 48.0 Å². The maximum Gasteiger partial charge on any atom is 0.322 e. The normalized spacial score (nSPS) is 15.7. The molecule has 1 aromatic heterocycles. The molecule has 2 N–H and O–H groups in total. The second kappa shape index (κ2) is 7.75. The van der Waals surface area contributed by atoms with Crippen molar-refractivity contribution in [3.05, 3.63) is 100.0 Å². The summed E-state index contributed by atoms with van der Waals surface area (Å²) in [5, 5.41) is 4.77. The average Bonchev–Trinajstić information content (AvgIpc) is 3.15. The van der Waals surface area contributed by atoms with Crippen molar-refractivity contribution in [1.82, 2.24) is 9.88 Å². The zero-order chi connectivity index (χ0) is 21.5. The Morgan fingerprint density at radius 3 is 2.68 bits per heavy atom. The van der Waals surface area contributed by atoms with Gasteiger partial charge in [-0.15, -0.1) is 0 Å². The van der Waals surface area contributed by atoms with E-state index in [-0.39, 0.29) is 17.9 Å². The molecular weight excluding hydrogens is 413 g/mol. The van der Waals surface area contributed by atoms with E-state index in [0.717, 1.165) is 34.1 Å². The molecule has 1 atom stereocenters. The number of hydrogen-bond acceptors (Lipinski definition) is 1. The number of carbonyl (C=O) groups excluding carboxylic acids is 1. The summed E-state index contributed by atoms with van der Waals surface area (Å²) < 4.78 is 13.6. The molecule has 2 heterocycles. The number of nitrogens with zero attached hydrogens (tertiary/aromatic N) is 1. The van der Waals surface area contributed by atoms with Gasteiger partial charge in [0, 0.05) is 33.9 Å². The van der Waals surface area contributed by atoms with Gasteiger partial charge in [0.05, 0.1) is 6.04 Å². The summed E-state index contributed by atoms with van der Waals surface area (Å²) in [6, 6.07) is 19.4. The van der Waals surface area contributed by atoms with E-state index in [1.807, 2.05) is 37.3 Å². The van der Waals surface area contributed by atoms with E-state index >= 15 is 0 Å². The van der Waals surface area contributed by atoms with Crippen LogP contribution in [-0.2, 0) is 6.42 Å². The monoisotopic (exact) mass is 433 g/mol. The fourth-order valence-electron chi connectivity index (χ4n) is 4.38. The minimum Gasteiger partial charge on any atom is -0.356 e. The standard InChI is InChI=1S/C25H21ClFN3O/c1-15-20(26)6-4-8-21(15)29-25(31)30-14-13-19-18-5-2-3-7-22(18)28-23(19)24(30)16-9-11-17(27)12-10-16/h2-12,24,28H,13-14H2,1H3,(H,29,31). The number of fused-ring (bicyclic) bond motifs is 3. The lowest BCUT2D eigenvalue weighted by Gasteiger charge is -2.36. The summed E-state index contributed by atoms with van der Waals surface area (Å²) >= 11 is 6.23. The number of urea groups is 1. The van der Waals surface area contributed by atoms with Crippen molar-refractivity contribution in [2.24, 2.45) is 0 Å². The van der Waals surface area contributed by atoms with Crippen LogP contribution in [-0.4, -0.2) is 22.5 Å². The van der Waals surface area contributed by atoms with E-state index in [0.29, 0.717) is 17.3 Å². The molecule has 31 heavy (non-hydrogen) atoms. The maximum atomic E-state index is 13.6. The molecule has 0 fully saturated rings. The van der Waals surface area contributed by atoms with Crippen molar-refractivity contribution in [3.63, 3.8) is 0 Å². The number of aromatic amines is 1. The Labute approximate surface area is 184 Å². The number of halogens is 2. The predicted molar refractivity (Wildman–Crippen MR) is 122 cm³/mol. The Balaban J connectivity index is 1.58. The van der Waals surface area contributed by atoms with Crippen LogP contribution in [0.2, 0.25) is 5.02 Å². The van der Waals surface area contributed by atoms with Crippen LogP contribution in [0.1, 0.15) is 28.4 Å². The number of aromatic nitrogens is 1. The quantitative estimate of drug-likeness (QED) is 0.375. The number of H-pyrrole nitrogens is 1. The third-order valence-corrected chi connectivity index (χ3v) is 6.40. The number of carbonyl (C=O) groups is 1. The topological polar surface area (TPSA) is 48.1 Å². The molecule has 1 unspecified atom stereocenters. The van der Waals surface area contributed by atoms with Crippen LogP contribution in [0, 0.1) is 12.7 Å². The maximum absolute atomic E-state index is 13.6. The molecule has 0 saturated carbocycles. The van der Waals surface area contributed by atoms with Gasteiger partial charge < -0.3 is 15.2 Å². The third kappa shape index (κ3) is 3.45. The van der Waals surface area contributed by atoms with Gasteiger partial charge in [0.1, 0.15) is 5.82 Å². The van der Waals surface area contributed by atoms with Crippen LogP contribution >= 0.6 is 11.6 Å². The fraction of sp³-hybridized carbons (Fsp3) is 0.160. The van der Waals surface area contributed by atoms with E-state index < -0.39 is 0 Å². The highest BCUT2D eigenvalue weighted by Crippen LogP contribution is 2.39. The second-order valence-electron chi connectivity index (χ2n) is 7.80. The summed E-state index contributed by atoms with van der Waals surface area (Å²) in [4.78, 5) is 18.7. The van der Waals surface area contributed by atoms with Crippen LogP contribution in [0.25, 0.3) is 10.9 Å². The van der Waals surface area contributed by atoms with E-state index in [1.165, 1.54) is 17.7 Å². The van der Waals surface area contributed by atoms with Crippen LogP contribution < -0.4 is 5.32 Å². The Kier molecular flexibility index (Phi) is 4.91. The molecule has 0 radical (unpaired) electrons. The lowest BCUT2D eigenvalue weighted by atomic mass is 9.92. The van der Waals surface area contributed by atoms with E-state index in [4.69, 9.17) is 11.6 Å². The fourth-order valence-corrected chi connectivity index (χ4v) is 4.56. The van der Waals surface area contributed by atoms with E-state index in [1.54, 1.807) is 23.1 Å². The van der Waals surface area contributed by atoms with Gasteiger partial charge in [-0.2, -0.15) is 0 Å².